The van der Waals surface area contributed by atoms with E-state index in [1.165, 1.54) is 6.42 Å². The minimum Gasteiger partial charge on any atom is -0.376 e. The van der Waals surface area contributed by atoms with Gasteiger partial charge in [-0.15, -0.1) is 0 Å². The van der Waals surface area contributed by atoms with Gasteiger partial charge in [-0.2, -0.15) is 0 Å². The Bertz CT molecular complexity index is 239. The highest BCUT2D eigenvalue weighted by Gasteiger charge is 2.25. The van der Waals surface area contributed by atoms with Gasteiger partial charge in [-0.1, -0.05) is 6.08 Å². The molecule has 2 rings (SSSR count). The number of carbonyl (C=O) groups excluding carboxylic acids is 1. The van der Waals surface area contributed by atoms with Crippen LogP contribution in [0.25, 0.3) is 0 Å². The monoisotopic (exact) mass is 196 g/mol. The van der Waals surface area contributed by atoms with Gasteiger partial charge in [0.1, 0.15) is 6.10 Å². The molecule has 0 aromatic heterocycles. The summed E-state index contributed by atoms with van der Waals surface area (Å²) in [5, 5.41) is 0. The first-order valence-corrected chi connectivity index (χ1v) is 5.30. The van der Waals surface area contributed by atoms with Gasteiger partial charge in [0.2, 0.25) is 0 Å². The van der Waals surface area contributed by atoms with Gasteiger partial charge < -0.3 is 9.47 Å². The van der Waals surface area contributed by atoms with Crippen LogP contribution in [-0.4, -0.2) is 31.7 Å². The third-order valence-corrected chi connectivity index (χ3v) is 2.72. The Labute approximate surface area is 84.1 Å². The number of Topliss-reactive ketones (excluding diaryl/α,β-unsaturated/α-hetero) is 1. The highest BCUT2D eigenvalue weighted by molar-refractivity contribution is 5.99. The van der Waals surface area contributed by atoms with Gasteiger partial charge in [0.25, 0.3) is 0 Å². The Morgan fingerprint density at radius 1 is 1.36 bits per heavy atom. The van der Waals surface area contributed by atoms with E-state index >= 15 is 0 Å². The minimum atomic E-state index is -0.340. The number of ether oxygens (including phenoxy) is 2. The number of allylic oxidation sites excluding steroid dienone is 1. The van der Waals surface area contributed by atoms with Crippen LogP contribution in [0.3, 0.4) is 0 Å². The zero-order valence-corrected chi connectivity index (χ0v) is 8.33. The van der Waals surface area contributed by atoms with Gasteiger partial charge in [0, 0.05) is 0 Å². The molecule has 1 aliphatic heterocycles. The minimum absolute atomic E-state index is 0.143. The predicted molar refractivity (Wildman–Crippen MR) is 52.1 cm³/mol. The summed E-state index contributed by atoms with van der Waals surface area (Å²) in [7, 11) is 0. The molecule has 0 saturated carbocycles. The highest BCUT2D eigenvalue weighted by atomic mass is 16.6. The topological polar surface area (TPSA) is 35.5 Å². The maximum Gasteiger partial charge on any atom is 0.189 e. The van der Waals surface area contributed by atoms with Crippen molar-refractivity contribution >= 4 is 5.78 Å². The van der Waals surface area contributed by atoms with Crippen molar-refractivity contribution < 1.29 is 14.3 Å². The van der Waals surface area contributed by atoms with Crippen LogP contribution in [0.5, 0.6) is 0 Å². The maximum absolute atomic E-state index is 11.9. The zero-order chi connectivity index (χ0) is 9.80. The molecule has 1 atom stereocenters. The zero-order valence-electron chi connectivity index (χ0n) is 8.33. The van der Waals surface area contributed by atoms with Crippen LogP contribution in [0, 0.1) is 0 Å². The van der Waals surface area contributed by atoms with E-state index in [0.717, 1.165) is 24.8 Å². The van der Waals surface area contributed by atoms with E-state index in [2.05, 4.69) is 6.08 Å². The van der Waals surface area contributed by atoms with Crippen LogP contribution in [0.1, 0.15) is 25.7 Å². The van der Waals surface area contributed by atoms with E-state index in [9.17, 15) is 4.79 Å². The summed E-state index contributed by atoms with van der Waals surface area (Å²) in [4.78, 5) is 11.9. The lowest BCUT2D eigenvalue weighted by molar-refractivity contribution is -0.141. The van der Waals surface area contributed by atoms with Crippen molar-refractivity contribution in [2.45, 2.75) is 31.8 Å². The number of hydrogen-bond acceptors (Lipinski definition) is 3. The van der Waals surface area contributed by atoms with Crippen molar-refractivity contribution in [3.63, 3.8) is 0 Å². The molecule has 0 bridgehead atoms. The summed E-state index contributed by atoms with van der Waals surface area (Å²) in [5.41, 5.74) is 0.951. The Morgan fingerprint density at radius 3 is 2.93 bits per heavy atom. The Hall–Kier alpha value is -0.670. The van der Waals surface area contributed by atoms with E-state index in [1.807, 2.05) is 0 Å². The first-order valence-electron chi connectivity index (χ1n) is 5.30. The molecule has 1 aliphatic carbocycles. The third-order valence-electron chi connectivity index (χ3n) is 2.72. The molecule has 1 unspecified atom stereocenters. The van der Waals surface area contributed by atoms with Crippen LogP contribution in [0.2, 0.25) is 0 Å². The average Bonchev–Trinajstić information content (AvgIpc) is 2.30. The lowest BCUT2D eigenvalue weighted by Gasteiger charge is -2.23. The lowest BCUT2D eigenvalue weighted by atomic mass is 9.94. The highest BCUT2D eigenvalue weighted by Crippen LogP contribution is 2.20. The van der Waals surface area contributed by atoms with Gasteiger partial charge >= 0.3 is 0 Å². The fourth-order valence-corrected chi connectivity index (χ4v) is 1.91. The lowest BCUT2D eigenvalue weighted by Crippen LogP contribution is -2.36. The molecule has 1 saturated heterocycles. The molecule has 0 radical (unpaired) electrons. The molecule has 0 N–H and O–H groups in total. The SMILES string of the molecule is O=C(C1=CCCCC1)C1COCCO1. The number of rotatable bonds is 2. The summed E-state index contributed by atoms with van der Waals surface area (Å²) in [6, 6.07) is 0. The molecule has 0 spiro atoms. The van der Waals surface area contributed by atoms with Crippen LogP contribution in [0.15, 0.2) is 11.6 Å². The second kappa shape index (κ2) is 4.71. The smallest absolute Gasteiger partial charge is 0.189 e. The van der Waals surface area contributed by atoms with Crippen molar-refractivity contribution in [1.82, 2.24) is 0 Å². The van der Waals surface area contributed by atoms with Crippen LogP contribution >= 0.6 is 0 Å². The van der Waals surface area contributed by atoms with Gasteiger partial charge in [-0.25, -0.2) is 0 Å². The van der Waals surface area contributed by atoms with Gasteiger partial charge in [0.15, 0.2) is 5.78 Å². The first kappa shape index (κ1) is 9.87. The molecule has 78 valence electrons. The molecule has 3 nitrogen and oxygen atoms in total. The van der Waals surface area contributed by atoms with E-state index in [0.29, 0.717) is 19.8 Å². The summed E-state index contributed by atoms with van der Waals surface area (Å²) in [6.07, 6.45) is 6.01. The largest absolute Gasteiger partial charge is 0.376 e. The van der Waals surface area contributed by atoms with Gasteiger partial charge in [0.05, 0.1) is 19.8 Å². The molecule has 14 heavy (non-hydrogen) atoms. The fourth-order valence-electron chi connectivity index (χ4n) is 1.91. The molecule has 2 aliphatic rings. The van der Waals surface area contributed by atoms with Crippen molar-refractivity contribution in [3.05, 3.63) is 11.6 Å². The Morgan fingerprint density at radius 2 is 2.29 bits per heavy atom. The van der Waals surface area contributed by atoms with Crippen molar-refractivity contribution in [1.29, 1.82) is 0 Å². The Kier molecular flexibility index (Phi) is 3.32. The van der Waals surface area contributed by atoms with Crippen molar-refractivity contribution in [2.24, 2.45) is 0 Å². The van der Waals surface area contributed by atoms with Crippen LogP contribution < -0.4 is 0 Å². The summed E-state index contributed by atoms with van der Waals surface area (Å²) >= 11 is 0. The van der Waals surface area contributed by atoms with E-state index in [1.54, 1.807) is 0 Å². The molecular formula is C11H16O3. The number of hydrogen-bond donors (Lipinski definition) is 0. The molecular weight excluding hydrogens is 180 g/mol. The third kappa shape index (κ3) is 2.22. The summed E-state index contributed by atoms with van der Waals surface area (Å²) < 4.78 is 10.6. The van der Waals surface area contributed by atoms with Crippen molar-refractivity contribution in [2.75, 3.05) is 19.8 Å². The molecule has 0 amide bonds. The quantitative estimate of drug-likeness (QED) is 0.671. The van der Waals surface area contributed by atoms with E-state index in [4.69, 9.17) is 9.47 Å². The molecule has 1 fully saturated rings. The fraction of sp³-hybridized carbons (Fsp3) is 0.727. The second-order valence-electron chi connectivity index (χ2n) is 3.77. The molecule has 0 aromatic carbocycles. The van der Waals surface area contributed by atoms with Crippen molar-refractivity contribution in [3.8, 4) is 0 Å². The first-order chi connectivity index (χ1) is 6.88. The van der Waals surface area contributed by atoms with Gasteiger partial charge in [-0.05, 0) is 31.3 Å². The second-order valence-corrected chi connectivity index (χ2v) is 3.77. The molecule has 1 heterocycles. The van der Waals surface area contributed by atoms with E-state index in [-0.39, 0.29) is 11.9 Å². The van der Waals surface area contributed by atoms with Gasteiger partial charge in [-0.3, -0.25) is 4.79 Å². The Balaban J connectivity index is 1.95. The predicted octanol–water partition coefficient (Wildman–Crippen LogP) is 1.47. The average molecular weight is 196 g/mol. The van der Waals surface area contributed by atoms with Crippen LogP contribution in [-0.2, 0) is 14.3 Å². The van der Waals surface area contributed by atoms with E-state index < -0.39 is 0 Å². The number of ketones is 1. The normalized spacial score (nSPS) is 28.3. The number of carbonyl (C=O) groups is 1. The van der Waals surface area contributed by atoms with Crippen LogP contribution in [0.4, 0.5) is 0 Å². The summed E-state index contributed by atoms with van der Waals surface area (Å²) in [5.74, 6) is 0.143. The standard InChI is InChI=1S/C11H16O3/c12-11(9-4-2-1-3-5-9)10-8-13-6-7-14-10/h4,10H,1-3,5-8H2. The summed E-state index contributed by atoms with van der Waals surface area (Å²) in [6.45, 7) is 1.59. The molecule has 0 aromatic rings. The molecule has 3 heteroatoms. The maximum atomic E-state index is 11.9.